The first-order valence-electron chi connectivity index (χ1n) is 4.78. The van der Waals surface area contributed by atoms with Gasteiger partial charge in [-0.2, -0.15) is 0 Å². The van der Waals surface area contributed by atoms with Gasteiger partial charge in [0.25, 0.3) is 0 Å². The molecule has 14 heavy (non-hydrogen) atoms. The quantitative estimate of drug-likeness (QED) is 0.461. The van der Waals surface area contributed by atoms with Crippen LogP contribution in [0.2, 0.25) is 0 Å². The number of allylic oxidation sites excluding steroid dienone is 4. The maximum absolute atomic E-state index is 5.19. The summed E-state index contributed by atoms with van der Waals surface area (Å²) in [5.74, 6) is 0. The maximum atomic E-state index is 5.19. The lowest BCUT2D eigenvalue weighted by atomic mass is 10.1. The molecular weight excluding hydrogens is 172 g/mol. The van der Waals surface area contributed by atoms with Gasteiger partial charge in [-0.15, -0.1) is 6.58 Å². The van der Waals surface area contributed by atoms with E-state index >= 15 is 0 Å². The fraction of sp³-hybridized carbons (Fsp3) is 0.385. The molecule has 0 saturated heterocycles. The average molecular weight is 192 g/mol. The number of rotatable bonds is 6. The van der Waals surface area contributed by atoms with Crippen LogP contribution in [-0.4, -0.2) is 13.2 Å². The van der Waals surface area contributed by atoms with Gasteiger partial charge in [-0.1, -0.05) is 42.0 Å². The SMILES string of the molecule is C=CC(CC(=C)/C=C(C)\C=C/C)OC. The van der Waals surface area contributed by atoms with Gasteiger partial charge in [0.05, 0.1) is 6.10 Å². The topological polar surface area (TPSA) is 9.23 Å². The molecule has 0 fully saturated rings. The third-order valence-electron chi connectivity index (χ3n) is 1.89. The van der Waals surface area contributed by atoms with Crippen LogP contribution in [0, 0.1) is 0 Å². The predicted octanol–water partition coefficient (Wildman–Crippen LogP) is 3.66. The zero-order valence-electron chi connectivity index (χ0n) is 9.42. The molecule has 1 heteroatoms. The lowest BCUT2D eigenvalue weighted by Gasteiger charge is -2.10. The lowest BCUT2D eigenvalue weighted by molar-refractivity contribution is 0.142. The van der Waals surface area contributed by atoms with E-state index in [2.05, 4.69) is 32.2 Å². The minimum absolute atomic E-state index is 0.0668. The van der Waals surface area contributed by atoms with E-state index in [1.54, 1.807) is 13.2 Å². The van der Waals surface area contributed by atoms with E-state index < -0.39 is 0 Å². The molecule has 0 N–H and O–H groups in total. The van der Waals surface area contributed by atoms with Gasteiger partial charge < -0.3 is 4.74 Å². The molecule has 78 valence electrons. The molecule has 0 bridgehead atoms. The summed E-state index contributed by atoms with van der Waals surface area (Å²) < 4.78 is 5.19. The standard InChI is InChI=1S/C13H20O/c1-6-8-11(3)9-12(4)10-13(7-2)14-5/h6-9,13H,2,4,10H2,1,3,5H3/b8-6-,11-9-. The zero-order valence-corrected chi connectivity index (χ0v) is 9.42. The van der Waals surface area contributed by atoms with Crippen LogP contribution < -0.4 is 0 Å². The van der Waals surface area contributed by atoms with Gasteiger partial charge in [0.2, 0.25) is 0 Å². The zero-order chi connectivity index (χ0) is 11.0. The monoisotopic (exact) mass is 192 g/mol. The average Bonchev–Trinajstić information content (AvgIpc) is 2.14. The second-order valence-corrected chi connectivity index (χ2v) is 3.26. The Morgan fingerprint density at radius 3 is 2.57 bits per heavy atom. The maximum Gasteiger partial charge on any atom is 0.0789 e. The number of methoxy groups -OCH3 is 1. The number of hydrogen-bond donors (Lipinski definition) is 0. The largest absolute Gasteiger partial charge is 0.377 e. The van der Waals surface area contributed by atoms with Crippen LogP contribution in [0.1, 0.15) is 20.3 Å². The van der Waals surface area contributed by atoms with Crippen molar-refractivity contribution in [3.8, 4) is 0 Å². The van der Waals surface area contributed by atoms with Crippen LogP contribution in [-0.2, 0) is 4.74 Å². The van der Waals surface area contributed by atoms with Gasteiger partial charge in [-0.05, 0) is 13.8 Å². The molecule has 1 nitrogen and oxygen atoms in total. The summed E-state index contributed by atoms with van der Waals surface area (Å²) in [5, 5.41) is 0. The Balaban J connectivity index is 4.21. The van der Waals surface area contributed by atoms with Crippen molar-refractivity contribution in [1.82, 2.24) is 0 Å². The van der Waals surface area contributed by atoms with Gasteiger partial charge in [-0.25, -0.2) is 0 Å². The molecule has 0 aromatic rings. The summed E-state index contributed by atoms with van der Waals surface area (Å²) in [6.45, 7) is 11.7. The molecular formula is C13H20O. The van der Waals surface area contributed by atoms with Crippen molar-refractivity contribution >= 4 is 0 Å². The van der Waals surface area contributed by atoms with Crippen molar-refractivity contribution in [3.63, 3.8) is 0 Å². The number of hydrogen-bond acceptors (Lipinski definition) is 1. The van der Waals surface area contributed by atoms with Crippen molar-refractivity contribution in [1.29, 1.82) is 0 Å². The normalized spacial score (nSPS) is 14.4. The van der Waals surface area contributed by atoms with E-state index in [0.717, 1.165) is 12.0 Å². The van der Waals surface area contributed by atoms with Crippen molar-refractivity contribution in [2.24, 2.45) is 0 Å². The molecule has 0 heterocycles. The van der Waals surface area contributed by atoms with Crippen LogP contribution in [0.3, 0.4) is 0 Å². The van der Waals surface area contributed by atoms with Crippen LogP contribution in [0.4, 0.5) is 0 Å². The highest BCUT2D eigenvalue weighted by molar-refractivity contribution is 5.27. The van der Waals surface area contributed by atoms with Gasteiger partial charge >= 0.3 is 0 Å². The van der Waals surface area contributed by atoms with E-state index in [-0.39, 0.29) is 6.10 Å². The van der Waals surface area contributed by atoms with Crippen LogP contribution in [0.15, 0.2) is 48.6 Å². The Morgan fingerprint density at radius 1 is 1.50 bits per heavy atom. The molecule has 0 aliphatic heterocycles. The molecule has 1 atom stereocenters. The highest BCUT2D eigenvalue weighted by Crippen LogP contribution is 2.11. The Hall–Kier alpha value is -1.08. The first kappa shape index (κ1) is 12.9. The second kappa shape index (κ2) is 7.34. The summed E-state index contributed by atoms with van der Waals surface area (Å²) in [6.07, 6.45) is 8.80. The number of ether oxygens (including phenoxy) is 1. The molecule has 1 unspecified atom stereocenters. The van der Waals surface area contributed by atoms with Gasteiger partial charge in [0.15, 0.2) is 0 Å². The van der Waals surface area contributed by atoms with Crippen LogP contribution in [0.5, 0.6) is 0 Å². The molecule has 0 aromatic heterocycles. The van der Waals surface area contributed by atoms with E-state index in [4.69, 9.17) is 4.74 Å². The van der Waals surface area contributed by atoms with Crippen molar-refractivity contribution < 1.29 is 4.74 Å². The summed E-state index contributed by atoms with van der Waals surface area (Å²) >= 11 is 0. The molecule has 0 saturated carbocycles. The summed E-state index contributed by atoms with van der Waals surface area (Å²) in [7, 11) is 1.68. The fourth-order valence-electron chi connectivity index (χ4n) is 1.21. The van der Waals surface area contributed by atoms with E-state index in [1.807, 2.05) is 13.0 Å². The van der Waals surface area contributed by atoms with Crippen molar-refractivity contribution in [3.05, 3.63) is 48.6 Å². The molecule has 0 aliphatic rings. The Kier molecular flexibility index (Phi) is 6.77. The predicted molar refractivity (Wildman–Crippen MR) is 63.3 cm³/mol. The highest BCUT2D eigenvalue weighted by atomic mass is 16.5. The van der Waals surface area contributed by atoms with Crippen molar-refractivity contribution in [2.75, 3.05) is 7.11 Å². The van der Waals surface area contributed by atoms with Gasteiger partial charge in [0, 0.05) is 13.5 Å². The Labute approximate surface area is 87.5 Å². The summed E-state index contributed by atoms with van der Waals surface area (Å²) in [6, 6.07) is 0. The van der Waals surface area contributed by atoms with Crippen LogP contribution >= 0.6 is 0 Å². The van der Waals surface area contributed by atoms with E-state index in [1.165, 1.54) is 5.57 Å². The highest BCUT2D eigenvalue weighted by Gasteiger charge is 2.02. The molecule has 0 spiro atoms. The minimum atomic E-state index is 0.0668. The molecule has 0 aromatic carbocycles. The second-order valence-electron chi connectivity index (χ2n) is 3.26. The van der Waals surface area contributed by atoms with Gasteiger partial charge in [0.1, 0.15) is 0 Å². The van der Waals surface area contributed by atoms with Crippen LogP contribution in [0.25, 0.3) is 0 Å². The van der Waals surface area contributed by atoms with Crippen molar-refractivity contribution in [2.45, 2.75) is 26.4 Å². The first-order valence-corrected chi connectivity index (χ1v) is 4.78. The molecule has 0 amide bonds. The summed E-state index contributed by atoms with van der Waals surface area (Å²) in [5.41, 5.74) is 2.27. The third kappa shape index (κ3) is 5.55. The molecule has 0 aliphatic carbocycles. The molecule has 0 radical (unpaired) electrons. The summed E-state index contributed by atoms with van der Waals surface area (Å²) in [4.78, 5) is 0. The Morgan fingerprint density at radius 2 is 2.14 bits per heavy atom. The Bertz CT molecular complexity index is 246. The molecule has 0 rings (SSSR count). The smallest absolute Gasteiger partial charge is 0.0789 e. The first-order chi connectivity index (χ1) is 6.63. The van der Waals surface area contributed by atoms with E-state index in [0.29, 0.717) is 0 Å². The third-order valence-corrected chi connectivity index (χ3v) is 1.89. The van der Waals surface area contributed by atoms with Gasteiger partial charge in [-0.3, -0.25) is 0 Å². The van der Waals surface area contributed by atoms with E-state index in [9.17, 15) is 0 Å². The minimum Gasteiger partial charge on any atom is -0.377 e. The fourth-order valence-corrected chi connectivity index (χ4v) is 1.21. The lowest BCUT2D eigenvalue weighted by Crippen LogP contribution is -2.06.